The minimum absolute atomic E-state index is 0.108. The van der Waals surface area contributed by atoms with Crippen molar-refractivity contribution in [2.24, 2.45) is 0 Å². The summed E-state index contributed by atoms with van der Waals surface area (Å²) in [6.45, 7) is 9.01. The van der Waals surface area contributed by atoms with E-state index in [0.29, 0.717) is 23.8 Å². The van der Waals surface area contributed by atoms with Crippen molar-refractivity contribution >= 4 is 23.4 Å². The lowest BCUT2D eigenvalue weighted by Gasteiger charge is -2.38. The smallest absolute Gasteiger partial charge is 0.411 e. The van der Waals surface area contributed by atoms with Crippen molar-refractivity contribution in [1.29, 1.82) is 0 Å². The first kappa shape index (κ1) is 21.6. The molecular weight excluding hydrogens is 380 g/mol. The van der Waals surface area contributed by atoms with Crippen LogP contribution in [0.3, 0.4) is 0 Å². The third-order valence-corrected chi connectivity index (χ3v) is 5.38. The molecule has 0 saturated carbocycles. The summed E-state index contributed by atoms with van der Waals surface area (Å²) in [5, 5.41) is 5.53. The monoisotopic (exact) mass is 410 g/mol. The molecule has 0 atom stereocenters. The van der Waals surface area contributed by atoms with Crippen LogP contribution in [0.4, 0.5) is 16.2 Å². The Labute approximate surface area is 178 Å². The Hall–Kier alpha value is -3.06. The number of nitrogens with zero attached hydrogens (tertiary/aromatic N) is 2. The molecule has 1 aliphatic rings. The Bertz CT molecular complexity index is 842. The lowest BCUT2D eigenvalue weighted by atomic mass is 10.1. The van der Waals surface area contributed by atoms with Crippen molar-refractivity contribution in [1.82, 2.24) is 10.2 Å². The lowest BCUT2D eigenvalue weighted by Crippen LogP contribution is -2.48. The predicted octanol–water partition coefficient (Wildman–Crippen LogP) is 3.33. The normalized spacial score (nSPS) is 14.5. The summed E-state index contributed by atoms with van der Waals surface area (Å²) in [5.74, 6) is -0.108. The zero-order valence-electron chi connectivity index (χ0n) is 17.9. The fraction of sp³-hybridized carbons (Fsp3) is 0.391. The summed E-state index contributed by atoms with van der Waals surface area (Å²) < 4.78 is 4.56. The third-order valence-electron chi connectivity index (χ3n) is 5.38. The molecule has 0 unspecified atom stereocenters. The molecule has 7 nitrogen and oxygen atoms in total. The van der Waals surface area contributed by atoms with Gasteiger partial charge in [0.1, 0.15) is 0 Å². The summed E-state index contributed by atoms with van der Waals surface area (Å²) in [4.78, 5) is 28.5. The van der Waals surface area contributed by atoms with Crippen LogP contribution in [-0.4, -0.2) is 56.2 Å². The van der Waals surface area contributed by atoms with Crippen molar-refractivity contribution in [3.05, 3.63) is 59.7 Å². The number of hydrogen-bond donors (Lipinski definition) is 2. The molecule has 0 spiro atoms. The van der Waals surface area contributed by atoms with Crippen molar-refractivity contribution in [3.8, 4) is 0 Å². The van der Waals surface area contributed by atoms with E-state index < -0.39 is 6.09 Å². The predicted molar refractivity (Wildman–Crippen MR) is 119 cm³/mol. The minimum atomic E-state index is -0.513. The second kappa shape index (κ2) is 10.1. The number of ether oxygens (including phenoxy) is 1. The molecule has 2 aromatic rings. The topological polar surface area (TPSA) is 73.9 Å². The molecule has 1 saturated heterocycles. The zero-order chi connectivity index (χ0) is 21.5. The van der Waals surface area contributed by atoms with E-state index in [1.807, 2.05) is 36.4 Å². The maximum atomic E-state index is 12.5. The van der Waals surface area contributed by atoms with Gasteiger partial charge in [0.05, 0.1) is 7.11 Å². The average molecular weight is 411 g/mol. The Morgan fingerprint density at radius 2 is 1.60 bits per heavy atom. The molecule has 2 aromatic carbocycles. The molecule has 1 heterocycles. The van der Waals surface area contributed by atoms with Crippen molar-refractivity contribution in [2.45, 2.75) is 26.4 Å². The summed E-state index contributed by atoms with van der Waals surface area (Å²) in [5.41, 5.74) is 3.38. The number of amides is 2. The minimum Gasteiger partial charge on any atom is -0.453 e. The molecule has 160 valence electrons. The molecule has 1 fully saturated rings. The van der Waals surface area contributed by atoms with E-state index in [1.54, 1.807) is 12.1 Å². The number of carbonyl (C=O) groups excluding carboxylic acids is 2. The first-order valence-electron chi connectivity index (χ1n) is 10.3. The summed E-state index contributed by atoms with van der Waals surface area (Å²) in [6.07, 6.45) is -0.513. The van der Waals surface area contributed by atoms with E-state index in [2.05, 4.69) is 39.0 Å². The number of hydrogen-bond acceptors (Lipinski definition) is 5. The van der Waals surface area contributed by atoms with Gasteiger partial charge < -0.3 is 15.0 Å². The highest BCUT2D eigenvalue weighted by atomic mass is 16.5. The van der Waals surface area contributed by atoms with Gasteiger partial charge in [0.2, 0.25) is 0 Å². The highest BCUT2D eigenvalue weighted by Gasteiger charge is 2.19. The second-order valence-electron chi connectivity index (χ2n) is 7.66. The number of methoxy groups -OCH3 is 1. The molecule has 3 rings (SSSR count). The van der Waals surface area contributed by atoms with Gasteiger partial charge in [-0.1, -0.05) is 12.1 Å². The van der Waals surface area contributed by atoms with Crippen molar-refractivity contribution in [2.75, 3.05) is 43.5 Å². The van der Waals surface area contributed by atoms with Crippen LogP contribution < -0.4 is 15.5 Å². The molecule has 0 aromatic heterocycles. The molecule has 2 N–H and O–H groups in total. The highest BCUT2D eigenvalue weighted by molar-refractivity contribution is 5.94. The van der Waals surface area contributed by atoms with Gasteiger partial charge in [0.15, 0.2) is 0 Å². The lowest BCUT2D eigenvalue weighted by molar-refractivity contribution is 0.0951. The largest absolute Gasteiger partial charge is 0.453 e. The van der Waals surface area contributed by atoms with Crippen LogP contribution in [0.15, 0.2) is 48.5 Å². The van der Waals surface area contributed by atoms with E-state index in [1.165, 1.54) is 7.11 Å². The molecule has 0 radical (unpaired) electrons. The van der Waals surface area contributed by atoms with Crippen molar-refractivity contribution in [3.63, 3.8) is 0 Å². The third kappa shape index (κ3) is 5.73. The molecular formula is C23H30N4O3. The number of anilines is 2. The van der Waals surface area contributed by atoms with Gasteiger partial charge in [0.25, 0.3) is 5.91 Å². The number of rotatable bonds is 6. The van der Waals surface area contributed by atoms with Gasteiger partial charge in [-0.3, -0.25) is 15.0 Å². The van der Waals surface area contributed by atoms with Crippen LogP contribution in [0.5, 0.6) is 0 Å². The number of carbonyl (C=O) groups is 2. The van der Waals surface area contributed by atoms with E-state index in [9.17, 15) is 9.59 Å². The maximum Gasteiger partial charge on any atom is 0.411 e. The number of piperazine rings is 1. The molecule has 0 aliphatic carbocycles. The summed E-state index contributed by atoms with van der Waals surface area (Å²) in [7, 11) is 1.32. The Morgan fingerprint density at radius 1 is 0.967 bits per heavy atom. The average Bonchev–Trinajstić information content (AvgIpc) is 2.78. The fourth-order valence-corrected chi connectivity index (χ4v) is 3.48. The van der Waals surface area contributed by atoms with Crippen LogP contribution in [0.2, 0.25) is 0 Å². The van der Waals surface area contributed by atoms with E-state index in [0.717, 1.165) is 37.4 Å². The van der Waals surface area contributed by atoms with E-state index in [-0.39, 0.29) is 5.91 Å². The molecule has 30 heavy (non-hydrogen) atoms. The van der Waals surface area contributed by atoms with Gasteiger partial charge in [0, 0.05) is 55.7 Å². The van der Waals surface area contributed by atoms with Gasteiger partial charge in [-0.25, -0.2) is 4.79 Å². The number of nitrogens with one attached hydrogen (secondary N) is 2. The Kier molecular flexibility index (Phi) is 7.30. The number of benzene rings is 2. The quantitative estimate of drug-likeness (QED) is 0.764. The van der Waals surface area contributed by atoms with Crippen LogP contribution in [-0.2, 0) is 11.3 Å². The Morgan fingerprint density at radius 3 is 2.17 bits per heavy atom. The van der Waals surface area contributed by atoms with Crippen LogP contribution >= 0.6 is 0 Å². The van der Waals surface area contributed by atoms with Gasteiger partial charge in [-0.2, -0.15) is 0 Å². The zero-order valence-corrected chi connectivity index (χ0v) is 17.9. The van der Waals surface area contributed by atoms with Crippen LogP contribution in [0, 0.1) is 0 Å². The summed E-state index contributed by atoms with van der Waals surface area (Å²) >= 11 is 0. The van der Waals surface area contributed by atoms with Gasteiger partial charge in [-0.05, 0) is 55.8 Å². The van der Waals surface area contributed by atoms with Crippen LogP contribution in [0.25, 0.3) is 0 Å². The van der Waals surface area contributed by atoms with Gasteiger partial charge in [-0.15, -0.1) is 0 Å². The highest BCUT2D eigenvalue weighted by Crippen LogP contribution is 2.18. The first-order chi connectivity index (χ1) is 14.5. The summed E-state index contributed by atoms with van der Waals surface area (Å²) in [6, 6.07) is 15.6. The Balaban J connectivity index is 1.49. The van der Waals surface area contributed by atoms with Crippen LogP contribution in [0.1, 0.15) is 29.8 Å². The van der Waals surface area contributed by atoms with Crippen molar-refractivity contribution < 1.29 is 14.3 Å². The van der Waals surface area contributed by atoms with Gasteiger partial charge >= 0.3 is 6.09 Å². The molecule has 7 heteroatoms. The standard InChI is InChI=1S/C23H30N4O3/c1-17(2)26-12-14-27(15-13-26)21-10-6-19(7-11-21)22(28)24-16-18-4-8-20(9-5-18)25-23(29)30-3/h4-11,17H,12-16H2,1-3H3,(H,24,28)(H,25,29). The molecule has 1 aliphatic heterocycles. The fourth-order valence-electron chi connectivity index (χ4n) is 3.48. The van der Waals surface area contributed by atoms with E-state index >= 15 is 0 Å². The maximum absolute atomic E-state index is 12.5. The molecule has 2 amide bonds. The first-order valence-corrected chi connectivity index (χ1v) is 10.3. The molecule has 0 bridgehead atoms. The van der Waals surface area contributed by atoms with E-state index in [4.69, 9.17) is 0 Å². The second-order valence-corrected chi connectivity index (χ2v) is 7.66. The SMILES string of the molecule is COC(=O)Nc1ccc(CNC(=O)c2ccc(N3CCN(C(C)C)CC3)cc2)cc1.